The van der Waals surface area contributed by atoms with E-state index < -0.39 is 0 Å². The normalized spacial score (nSPS) is 15.3. The summed E-state index contributed by atoms with van der Waals surface area (Å²) in [6, 6.07) is 21.5. The predicted molar refractivity (Wildman–Crippen MR) is 145 cm³/mol. The number of nitrogens with one attached hydrogen (secondary N) is 1. The molecule has 3 aromatic carbocycles. The Morgan fingerprint density at radius 2 is 1.74 bits per heavy atom. The van der Waals surface area contributed by atoms with Crippen molar-refractivity contribution in [3.63, 3.8) is 0 Å². The molecule has 4 rings (SSSR count). The molecule has 0 radical (unpaired) electrons. The minimum atomic E-state index is -0.199. The van der Waals surface area contributed by atoms with Gasteiger partial charge in [-0.1, -0.05) is 53.5 Å². The second-order valence-electron chi connectivity index (χ2n) is 9.08. The number of piperazine rings is 1. The van der Waals surface area contributed by atoms with E-state index >= 15 is 0 Å². The highest BCUT2D eigenvalue weighted by Gasteiger charge is 2.30. The van der Waals surface area contributed by atoms with Crippen LogP contribution in [-0.2, 0) is 11.3 Å². The first-order chi connectivity index (χ1) is 16.8. The molecular formula is C28H30Cl2N3O2+. The third-order valence-electron chi connectivity index (χ3n) is 6.40. The Morgan fingerprint density at radius 1 is 1.03 bits per heavy atom. The van der Waals surface area contributed by atoms with Crippen LogP contribution in [0.1, 0.15) is 11.1 Å². The van der Waals surface area contributed by atoms with Gasteiger partial charge >= 0.3 is 0 Å². The zero-order valence-corrected chi connectivity index (χ0v) is 21.5. The fraction of sp³-hybridized carbons (Fsp3) is 0.250. The number of nitrogens with zero attached hydrogens (tertiary/aromatic N) is 2. The number of methoxy groups -OCH3 is 1. The van der Waals surface area contributed by atoms with E-state index in [1.54, 1.807) is 25.3 Å². The highest BCUT2D eigenvalue weighted by molar-refractivity contribution is 6.42. The Bertz CT molecular complexity index is 1200. The molecule has 1 saturated heterocycles. The zero-order valence-electron chi connectivity index (χ0n) is 20.0. The molecule has 0 bridgehead atoms. The van der Waals surface area contributed by atoms with Crippen molar-refractivity contribution >= 4 is 46.6 Å². The van der Waals surface area contributed by atoms with Crippen molar-refractivity contribution in [2.24, 2.45) is 0 Å². The van der Waals surface area contributed by atoms with Crippen LogP contribution in [0.3, 0.4) is 0 Å². The molecule has 1 fully saturated rings. The van der Waals surface area contributed by atoms with Crippen LogP contribution in [0.5, 0.6) is 5.75 Å². The van der Waals surface area contributed by atoms with Gasteiger partial charge in [-0.2, -0.15) is 0 Å². The second kappa shape index (κ2) is 11.2. The number of rotatable bonds is 7. The van der Waals surface area contributed by atoms with E-state index in [1.807, 2.05) is 30.3 Å². The van der Waals surface area contributed by atoms with E-state index in [4.69, 9.17) is 27.9 Å². The van der Waals surface area contributed by atoms with Crippen molar-refractivity contribution in [1.29, 1.82) is 0 Å². The molecule has 1 aliphatic rings. The molecule has 182 valence electrons. The van der Waals surface area contributed by atoms with Crippen LogP contribution >= 0.6 is 23.2 Å². The van der Waals surface area contributed by atoms with Gasteiger partial charge in [-0.3, -0.25) is 4.79 Å². The molecule has 0 aliphatic carbocycles. The molecular weight excluding hydrogens is 481 g/mol. The maximum atomic E-state index is 12.3. The number of para-hydroxylation sites is 2. The third-order valence-corrected chi connectivity index (χ3v) is 7.14. The summed E-state index contributed by atoms with van der Waals surface area (Å²) < 4.78 is 6.52. The quantitative estimate of drug-likeness (QED) is 0.307. The van der Waals surface area contributed by atoms with E-state index in [9.17, 15) is 4.79 Å². The van der Waals surface area contributed by atoms with Gasteiger partial charge in [-0.05, 0) is 48.0 Å². The summed E-state index contributed by atoms with van der Waals surface area (Å²) in [4.78, 5) is 14.7. The summed E-state index contributed by atoms with van der Waals surface area (Å²) in [6.45, 7) is 5.02. The van der Waals surface area contributed by atoms with Crippen molar-refractivity contribution in [2.75, 3.05) is 50.6 Å². The van der Waals surface area contributed by atoms with Gasteiger partial charge < -0.3 is 19.4 Å². The molecule has 1 amide bonds. The number of benzene rings is 3. The molecule has 0 saturated carbocycles. The minimum Gasteiger partial charge on any atom is -0.495 e. The molecule has 3 aromatic rings. The van der Waals surface area contributed by atoms with E-state index in [-0.39, 0.29) is 5.91 Å². The SMILES string of the molecule is COc1ccccc1N1CC[N+](C)(Cc2ccc(NC(=O)C=Cc3ccc(Cl)c(Cl)c3)cc2)CC1. The van der Waals surface area contributed by atoms with Crippen molar-refractivity contribution in [2.45, 2.75) is 6.54 Å². The summed E-state index contributed by atoms with van der Waals surface area (Å²) in [6.07, 6.45) is 3.20. The first-order valence-corrected chi connectivity index (χ1v) is 12.4. The molecule has 0 atom stereocenters. The highest BCUT2D eigenvalue weighted by Crippen LogP contribution is 2.30. The van der Waals surface area contributed by atoms with Crippen LogP contribution in [-0.4, -0.2) is 50.7 Å². The van der Waals surface area contributed by atoms with E-state index in [0.29, 0.717) is 10.0 Å². The molecule has 7 heteroatoms. The van der Waals surface area contributed by atoms with Gasteiger partial charge in [0.2, 0.25) is 5.91 Å². The smallest absolute Gasteiger partial charge is 0.248 e. The third kappa shape index (κ3) is 6.57. The first-order valence-electron chi connectivity index (χ1n) is 11.6. The zero-order chi connectivity index (χ0) is 24.8. The van der Waals surface area contributed by atoms with Gasteiger partial charge in [0, 0.05) is 17.3 Å². The van der Waals surface area contributed by atoms with Crippen LogP contribution in [0, 0.1) is 0 Å². The number of amides is 1. The highest BCUT2D eigenvalue weighted by atomic mass is 35.5. The average Bonchev–Trinajstić information content (AvgIpc) is 2.86. The molecule has 0 spiro atoms. The van der Waals surface area contributed by atoms with Gasteiger partial charge in [0.1, 0.15) is 12.3 Å². The van der Waals surface area contributed by atoms with Crippen LogP contribution < -0.4 is 15.0 Å². The number of ether oxygens (including phenoxy) is 1. The monoisotopic (exact) mass is 510 g/mol. The minimum absolute atomic E-state index is 0.199. The lowest BCUT2D eigenvalue weighted by Gasteiger charge is -2.43. The Hall–Kier alpha value is -2.99. The van der Waals surface area contributed by atoms with E-state index in [2.05, 4.69) is 41.5 Å². The van der Waals surface area contributed by atoms with Gasteiger partial charge in [0.05, 0.1) is 56.1 Å². The largest absolute Gasteiger partial charge is 0.495 e. The molecule has 1 N–H and O–H groups in total. The Labute approximate surface area is 217 Å². The van der Waals surface area contributed by atoms with Crippen LogP contribution in [0.15, 0.2) is 72.8 Å². The van der Waals surface area contributed by atoms with E-state index in [1.165, 1.54) is 11.6 Å². The summed E-state index contributed by atoms with van der Waals surface area (Å²) in [7, 11) is 4.03. The Kier molecular flexibility index (Phi) is 8.01. The number of quaternary nitrogens is 1. The number of hydrogen-bond acceptors (Lipinski definition) is 3. The summed E-state index contributed by atoms with van der Waals surface area (Å²) in [5.74, 6) is 0.725. The number of hydrogen-bond donors (Lipinski definition) is 1. The lowest BCUT2D eigenvalue weighted by Crippen LogP contribution is -2.56. The summed E-state index contributed by atoms with van der Waals surface area (Å²) >= 11 is 12.0. The molecule has 0 aromatic heterocycles. The topological polar surface area (TPSA) is 41.6 Å². The summed E-state index contributed by atoms with van der Waals surface area (Å²) in [5, 5.41) is 3.85. The fourth-order valence-electron chi connectivity index (χ4n) is 4.34. The molecule has 1 heterocycles. The van der Waals surface area contributed by atoms with Gasteiger partial charge in [-0.25, -0.2) is 0 Å². The van der Waals surface area contributed by atoms with Crippen LogP contribution in [0.25, 0.3) is 6.08 Å². The number of halogens is 2. The standard InChI is InChI=1S/C28H29Cl2N3O2/c1-33(17-15-32(16-18-33)26-5-3-4-6-27(26)35-2)20-22-7-11-23(12-8-22)31-28(34)14-10-21-9-13-24(29)25(30)19-21/h3-14,19H,15-18,20H2,1-2H3/p+1. The lowest BCUT2D eigenvalue weighted by atomic mass is 10.1. The molecule has 35 heavy (non-hydrogen) atoms. The fourth-order valence-corrected chi connectivity index (χ4v) is 4.65. The Morgan fingerprint density at radius 3 is 2.43 bits per heavy atom. The predicted octanol–water partition coefficient (Wildman–Crippen LogP) is 6.12. The lowest BCUT2D eigenvalue weighted by molar-refractivity contribution is -0.923. The number of likely N-dealkylation sites (N-methyl/N-ethyl adjacent to an activating group) is 1. The maximum absolute atomic E-state index is 12.3. The van der Waals surface area contributed by atoms with Gasteiger partial charge in [0.15, 0.2) is 0 Å². The first kappa shape index (κ1) is 25.1. The van der Waals surface area contributed by atoms with Crippen LogP contribution in [0.4, 0.5) is 11.4 Å². The van der Waals surface area contributed by atoms with E-state index in [0.717, 1.165) is 59.9 Å². The van der Waals surface area contributed by atoms with Crippen molar-refractivity contribution in [3.8, 4) is 5.75 Å². The van der Waals surface area contributed by atoms with Crippen molar-refractivity contribution < 1.29 is 14.0 Å². The number of carbonyl (C=O) groups is 1. The molecule has 5 nitrogen and oxygen atoms in total. The van der Waals surface area contributed by atoms with Gasteiger partial charge in [-0.15, -0.1) is 0 Å². The van der Waals surface area contributed by atoms with Crippen molar-refractivity contribution in [1.82, 2.24) is 0 Å². The number of anilines is 2. The average molecular weight is 511 g/mol. The molecule has 1 aliphatic heterocycles. The Balaban J connectivity index is 1.30. The van der Waals surface area contributed by atoms with Gasteiger partial charge in [0.25, 0.3) is 0 Å². The maximum Gasteiger partial charge on any atom is 0.248 e. The van der Waals surface area contributed by atoms with Crippen LogP contribution in [0.2, 0.25) is 10.0 Å². The molecule has 0 unspecified atom stereocenters. The number of carbonyl (C=O) groups excluding carboxylic acids is 1. The summed E-state index contributed by atoms with van der Waals surface area (Å²) in [5.41, 5.74) is 3.99. The second-order valence-corrected chi connectivity index (χ2v) is 9.89. The van der Waals surface area contributed by atoms with Crippen molar-refractivity contribution in [3.05, 3.63) is 94.0 Å².